The van der Waals surface area contributed by atoms with E-state index in [1.807, 2.05) is 6.08 Å². The minimum atomic E-state index is -0.907. The largest absolute Gasteiger partial charge is 0.495 e. The van der Waals surface area contributed by atoms with Crippen molar-refractivity contribution in [2.75, 3.05) is 13.7 Å². The summed E-state index contributed by atoms with van der Waals surface area (Å²) in [5, 5.41) is 10.0. The first kappa shape index (κ1) is 11.9. The highest BCUT2D eigenvalue weighted by Gasteiger charge is 2.18. The van der Waals surface area contributed by atoms with Crippen molar-refractivity contribution < 1.29 is 19.0 Å². The van der Waals surface area contributed by atoms with Crippen LogP contribution in [-0.2, 0) is 4.74 Å². The van der Waals surface area contributed by atoms with Gasteiger partial charge in [0.1, 0.15) is 11.9 Å². The fraction of sp³-hybridized carbons (Fsp3) is 0.385. The number of benzene rings is 1. The molecule has 0 fully saturated rings. The summed E-state index contributed by atoms with van der Waals surface area (Å²) in [7, 11) is 1.40. The van der Waals surface area contributed by atoms with Gasteiger partial charge in [0.05, 0.1) is 13.7 Å². The zero-order chi connectivity index (χ0) is 12.3. The number of methoxy groups -OCH3 is 1. The van der Waals surface area contributed by atoms with E-state index in [4.69, 9.17) is 9.47 Å². The summed E-state index contributed by atoms with van der Waals surface area (Å²) in [5.74, 6) is 0.181. The van der Waals surface area contributed by atoms with Crippen molar-refractivity contribution >= 4 is 0 Å². The smallest absolute Gasteiger partial charge is 0.165 e. The van der Waals surface area contributed by atoms with Crippen molar-refractivity contribution in [1.82, 2.24) is 0 Å². The molecule has 0 saturated carbocycles. The van der Waals surface area contributed by atoms with E-state index in [0.717, 1.165) is 12.8 Å². The molecule has 0 bridgehead atoms. The van der Waals surface area contributed by atoms with Gasteiger partial charge in [-0.05, 0) is 36.6 Å². The van der Waals surface area contributed by atoms with Crippen LogP contribution in [0.15, 0.2) is 30.0 Å². The third-order valence-electron chi connectivity index (χ3n) is 2.72. The Morgan fingerprint density at radius 3 is 2.88 bits per heavy atom. The number of hydrogen-bond donors (Lipinski definition) is 1. The summed E-state index contributed by atoms with van der Waals surface area (Å²) in [4.78, 5) is 0. The lowest BCUT2D eigenvalue weighted by Gasteiger charge is -2.20. The molecule has 3 nitrogen and oxygen atoms in total. The second kappa shape index (κ2) is 5.19. The van der Waals surface area contributed by atoms with Crippen molar-refractivity contribution in [3.05, 3.63) is 41.4 Å². The Bertz CT molecular complexity index is 429. The molecule has 1 N–H and O–H groups in total. The number of rotatable bonds is 3. The third-order valence-corrected chi connectivity index (χ3v) is 2.72. The number of ether oxygens (including phenoxy) is 2. The molecule has 0 aromatic heterocycles. The van der Waals surface area contributed by atoms with Crippen molar-refractivity contribution in [3.8, 4) is 5.75 Å². The van der Waals surface area contributed by atoms with Crippen molar-refractivity contribution in [2.24, 2.45) is 0 Å². The Labute approximate surface area is 99.5 Å². The van der Waals surface area contributed by atoms with Crippen LogP contribution in [0.1, 0.15) is 24.5 Å². The fourth-order valence-corrected chi connectivity index (χ4v) is 1.78. The number of aliphatic hydroxyl groups excluding tert-OH is 1. The van der Waals surface area contributed by atoms with E-state index in [2.05, 4.69) is 0 Å². The molecule has 1 unspecified atom stereocenters. The molecule has 17 heavy (non-hydrogen) atoms. The van der Waals surface area contributed by atoms with E-state index in [1.165, 1.54) is 19.2 Å². The maximum Gasteiger partial charge on any atom is 0.165 e. The van der Waals surface area contributed by atoms with Gasteiger partial charge in [-0.3, -0.25) is 0 Å². The zero-order valence-electron chi connectivity index (χ0n) is 9.65. The Balaban J connectivity index is 2.21. The molecule has 0 spiro atoms. The molecule has 92 valence electrons. The van der Waals surface area contributed by atoms with Crippen LogP contribution in [0, 0.1) is 5.82 Å². The van der Waals surface area contributed by atoms with Crippen LogP contribution in [-0.4, -0.2) is 18.8 Å². The van der Waals surface area contributed by atoms with Crippen LogP contribution in [0.25, 0.3) is 0 Å². The summed E-state index contributed by atoms with van der Waals surface area (Å²) in [6, 6.07) is 4.39. The predicted octanol–water partition coefficient (Wildman–Crippen LogP) is 2.56. The molecule has 4 heteroatoms. The number of allylic oxidation sites excluding steroid dienone is 1. The molecule has 0 saturated heterocycles. The average molecular weight is 238 g/mol. The summed E-state index contributed by atoms with van der Waals surface area (Å²) in [6.45, 7) is 0.599. The van der Waals surface area contributed by atoms with Crippen LogP contribution >= 0.6 is 0 Å². The molecule has 1 aliphatic heterocycles. The van der Waals surface area contributed by atoms with Gasteiger partial charge in [-0.25, -0.2) is 4.39 Å². The lowest BCUT2D eigenvalue weighted by molar-refractivity contribution is 0.0916. The predicted molar refractivity (Wildman–Crippen MR) is 61.2 cm³/mol. The number of hydrogen-bond acceptors (Lipinski definition) is 3. The highest BCUT2D eigenvalue weighted by molar-refractivity contribution is 5.32. The Morgan fingerprint density at radius 1 is 1.47 bits per heavy atom. The van der Waals surface area contributed by atoms with Gasteiger partial charge >= 0.3 is 0 Å². The molecule has 0 amide bonds. The first-order valence-electron chi connectivity index (χ1n) is 5.56. The first-order valence-corrected chi connectivity index (χ1v) is 5.56. The Kier molecular flexibility index (Phi) is 3.64. The molecule has 1 heterocycles. The SMILES string of the molecule is COc1ccc(C(O)C2=CCCCO2)cc1F. The van der Waals surface area contributed by atoms with Crippen LogP contribution in [0.2, 0.25) is 0 Å². The van der Waals surface area contributed by atoms with Gasteiger partial charge in [0.2, 0.25) is 0 Å². The fourth-order valence-electron chi connectivity index (χ4n) is 1.78. The van der Waals surface area contributed by atoms with Gasteiger partial charge in [-0.1, -0.05) is 6.07 Å². The quantitative estimate of drug-likeness (QED) is 0.879. The molecule has 2 rings (SSSR count). The monoisotopic (exact) mass is 238 g/mol. The van der Waals surface area contributed by atoms with E-state index < -0.39 is 11.9 Å². The topological polar surface area (TPSA) is 38.7 Å². The second-order valence-electron chi connectivity index (χ2n) is 3.89. The minimum Gasteiger partial charge on any atom is -0.495 e. The third kappa shape index (κ3) is 2.58. The summed E-state index contributed by atoms with van der Waals surface area (Å²) in [6.07, 6.45) is 2.77. The molecular formula is C13H15FO3. The van der Waals surface area contributed by atoms with Gasteiger partial charge in [0, 0.05) is 0 Å². The van der Waals surface area contributed by atoms with Crippen LogP contribution in [0.5, 0.6) is 5.75 Å². The molecular weight excluding hydrogens is 223 g/mol. The van der Waals surface area contributed by atoms with E-state index in [1.54, 1.807) is 6.07 Å². The summed E-state index contributed by atoms with van der Waals surface area (Å²) < 4.78 is 23.7. The minimum absolute atomic E-state index is 0.166. The average Bonchev–Trinajstić information content (AvgIpc) is 2.39. The van der Waals surface area contributed by atoms with Crippen molar-refractivity contribution in [2.45, 2.75) is 18.9 Å². The van der Waals surface area contributed by atoms with E-state index >= 15 is 0 Å². The van der Waals surface area contributed by atoms with Crippen molar-refractivity contribution in [1.29, 1.82) is 0 Å². The summed E-state index contributed by atoms with van der Waals surface area (Å²) >= 11 is 0. The van der Waals surface area contributed by atoms with Gasteiger partial charge in [-0.15, -0.1) is 0 Å². The van der Waals surface area contributed by atoms with Gasteiger partial charge < -0.3 is 14.6 Å². The zero-order valence-corrected chi connectivity index (χ0v) is 9.65. The standard InChI is InChI=1S/C13H15FO3/c1-16-11-6-5-9(8-10(11)14)13(15)12-4-2-3-7-17-12/h4-6,8,13,15H,2-3,7H2,1H3. The number of halogens is 1. The Morgan fingerprint density at radius 2 is 2.29 bits per heavy atom. The molecule has 1 aliphatic rings. The van der Waals surface area contributed by atoms with Gasteiger partial charge in [-0.2, -0.15) is 0 Å². The molecule has 0 radical (unpaired) electrons. The van der Waals surface area contributed by atoms with Gasteiger partial charge in [0.25, 0.3) is 0 Å². The maximum atomic E-state index is 13.5. The van der Waals surface area contributed by atoms with Crippen LogP contribution < -0.4 is 4.74 Å². The molecule has 1 atom stereocenters. The van der Waals surface area contributed by atoms with E-state index in [0.29, 0.717) is 17.9 Å². The van der Waals surface area contributed by atoms with Crippen LogP contribution in [0.4, 0.5) is 4.39 Å². The normalized spacial score (nSPS) is 17.0. The lowest BCUT2D eigenvalue weighted by Crippen LogP contribution is -2.10. The maximum absolute atomic E-state index is 13.5. The highest BCUT2D eigenvalue weighted by atomic mass is 19.1. The van der Waals surface area contributed by atoms with Gasteiger partial charge in [0.15, 0.2) is 11.6 Å². The summed E-state index contributed by atoms with van der Waals surface area (Å²) in [5.41, 5.74) is 0.469. The van der Waals surface area contributed by atoms with E-state index in [-0.39, 0.29) is 5.75 Å². The lowest BCUT2D eigenvalue weighted by atomic mass is 10.1. The second-order valence-corrected chi connectivity index (χ2v) is 3.89. The number of aliphatic hydroxyl groups is 1. The molecule has 1 aromatic carbocycles. The first-order chi connectivity index (χ1) is 8.22. The van der Waals surface area contributed by atoms with E-state index in [9.17, 15) is 9.50 Å². The Hall–Kier alpha value is -1.55. The highest BCUT2D eigenvalue weighted by Crippen LogP contribution is 2.28. The molecule has 1 aromatic rings. The van der Waals surface area contributed by atoms with Crippen molar-refractivity contribution in [3.63, 3.8) is 0 Å². The molecule has 0 aliphatic carbocycles. The van der Waals surface area contributed by atoms with Crippen LogP contribution in [0.3, 0.4) is 0 Å².